The number of benzene rings is 1. The van der Waals surface area contributed by atoms with Crippen LogP contribution in [0.1, 0.15) is 42.3 Å². The lowest BCUT2D eigenvalue weighted by atomic mass is 10.1. The molecule has 29 heavy (non-hydrogen) atoms. The summed E-state index contributed by atoms with van der Waals surface area (Å²) in [5, 5.41) is 7.21. The number of ether oxygens (including phenoxy) is 1. The maximum atomic E-state index is 6.04. The summed E-state index contributed by atoms with van der Waals surface area (Å²) in [7, 11) is 7.88. The molecular formula is C21H32ClN5OS. The fourth-order valence-electron chi connectivity index (χ4n) is 2.90. The lowest BCUT2D eigenvalue weighted by Crippen LogP contribution is -2.39. The van der Waals surface area contributed by atoms with E-state index in [0.717, 1.165) is 28.2 Å². The summed E-state index contributed by atoms with van der Waals surface area (Å²) in [6, 6.07) is 8.15. The van der Waals surface area contributed by atoms with Crippen LogP contribution in [0.4, 0.5) is 0 Å². The maximum Gasteiger partial charge on any atom is 0.194 e. The molecule has 0 bridgehead atoms. The quantitative estimate of drug-likeness (QED) is 0.470. The van der Waals surface area contributed by atoms with Crippen LogP contribution in [0.5, 0.6) is 0 Å². The molecule has 6 nitrogen and oxygen atoms in total. The highest BCUT2D eigenvalue weighted by atomic mass is 35.5. The summed E-state index contributed by atoms with van der Waals surface area (Å²) in [6.07, 6.45) is 0.0150. The molecule has 0 saturated carbocycles. The largest absolute Gasteiger partial charge is 0.375 e. The summed E-state index contributed by atoms with van der Waals surface area (Å²) in [5.41, 5.74) is 2.21. The molecule has 0 aliphatic heterocycles. The molecule has 0 spiro atoms. The predicted octanol–water partition coefficient (Wildman–Crippen LogP) is 4.20. The molecule has 2 aromatic rings. The van der Waals surface area contributed by atoms with Gasteiger partial charge in [-0.25, -0.2) is 4.98 Å². The third-order valence-corrected chi connectivity index (χ3v) is 5.97. The second-order valence-electron chi connectivity index (χ2n) is 7.14. The zero-order valence-corrected chi connectivity index (χ0v) is 19.7. The molecular weight excluding hydrogens is 406 g/mol. The molecule has 0 radical (unpaired) electrons. The van der Waals surface area contributed by atoms with Crippen molar-refractivity contribution < 1.29 is 4.74 Å². The minimum atomic E-state index is 0.0150. The third kappa shape index (κ3) is 6.96. The molecule has 0 aliphatic rings. The smallest absolute Gasteiger partial charge is 0.194 e. The Morgan fingerprint density at radius 3 is 2.55 bits per heavy atom. The van der Waals surface area contributed by atoms with Gasteiger partial charge in [0.15, 0.2) is 5.96 Å². The van der Waals surface area contributed by atoms with E-state index in [2.05, 4.69) is 53.6 Å². The van der Waals surface area contributed by atoms with E-state index in [4.69, 9.17) is 26.3 Å². The molecule has 1 aromatic carbocycles. The summed E-state index contributed by atoms with van der Waals surface area (Å²) in [5.74, 6) is 0.864. The van der Waals surface area contributed by atoms with Gasteiger partial charge in [-0.15, -0.1) is 11.3 Å². The Labute approximate surface area is 183 Å². The van der Waals surface area contributed by atoms with E-state index in [1.165, 1.54) is 5.56 Å². The van der Waals surface area contributed by atoms with Crippen molar-refractivity contribution in [3.8, 4) is 0 Å². The molecule has 2 rings (SSSR count). The Morgan fingerprint density at radius 2 is 1.97 bits per heavy atom. The number of hydrogen-bond acceptors (Lipinski definition) is 5. The Kier molecular flexibility index (Phi) is 9.36. The number of nitrogens with zero attached hydrogens (tertiary/aromatic N) is 4. The summed E-state index contributed by atoms with van der Waals surface area (Å²) in [4.78, 5) is 13.9. The van der Waals surface area contributed by atoms with Gasteiger partial charge in [-0.05, 0) is 45.6 Å². The number of methoxy groups -OCH3 is 1. The minimum Gasteiger partial charge on any atom is -0.375 e. The fourth-order valence-corrected chi connectivity index (χ4v) is 3.86. The molecule has 1 N–H and O–H groups in total. The zero-order chi connectivity index (χ0) is 21.4. The van der Waals surface area contributed by atoms with Crippen LogP contribution in [-0.4, -0.2) is 62.1 Å². The van der Waals surface area contributed by atoms with Gasteiger partial charge in [0.05, 0.1) is 24.8 Å². The van der Waals surface area contributed by atoms with Gasteiger partial charge >= 0.3 is 0 Å². The van der Waals surface area contributed by atoms with Crippen LogP contribution >= 0.6 is 22.9 Å². The lowest BCUT2D eigenvalue weighted by Gasteiger charge is -2.26. The number of aliphatic imine (C=N–C) groups is 1. The van der Waals surface area contributed by atoms with Gasteiger partial charge in [0.25, 0.3) is 0 Å². The molecule has 0 saturated heterocycles. The van der Waals surface area contributed by atoms with Crippen molar-refractivity contribution in [2.75, 3.05) is 41.3 Å². The standard InChI is InChI=1S/C21H32ClN5OS/c1-7-23-21(27(5)13-18-14-29-20(25-18)15(2)28-6)24-12-19(26(3)4)16-8-10-17(22)11-9-16/h8-11,14-15,19H,7,12-13H2,1-6H3,(H,23,24). The number of likely N-dealkylation sites (N-methyl/N-ethyl adjacent to an activating group) is 1. The highest BCUT2D eigenvalue weighted by Crippen LogP contribution is 2.22. The van der Waals surface area contributed by atoms with E-state index in [0.29, 0.717) is 13.1 Å². The van der Waals surface area contributed by atoms with Crippen molar-refractivity contribution in [2.45, 2.75) is 32.5 Å². The van der Waals surface area contributed by atoms with E-state index >= 15 is 0 Å². The predicted molar refractivity (Wildman–Crippen MR) is 123 cm³/mol. The van der Waals surface area contributed by atoms with E-state index in [1.807, 2.05) is 26.1 Å². The van der Waals surface area contributed by atoms with Gasteiger partial charge in [0, 0.05) is 31.1 Å². The average Bonchev–Trinajstić information content (AvgIpc) is 3.16. The Balaban J connectivity index is 2.12. The van der Waals surface area contributed by atoms with Crippen molar-refractivity contribution in [1.29, 1.82) is 0 Å². The number of nitrogens with one attached hydrogen (secondary N) is 1. The number of guanidine groups is 1. The number of hydrogen-bond donors (Lipinski definition) is 1. The SMILES string of the molecule is CCNC(=NCC(c1ccc(Cl)cc1)N(C)C)N(C)Cc1csc(C(C)OC)n1. The van der Waals surface area contributed by atoms with E-state index < -0.39 is 0 Å². The maximum absolute atomic E-state index is 6.04. The van der Waals surface area contributed by atoms with Crippen LogP contribution in [0.25, 0.3) is 0 Å². The molecule has 0 amide bonds. The first-order chi connectivity index (χ1) is 13.8. The van der Waals surface area contributed by atoms with Gasteiger partial charge in [-0.3, -0.25) is 4.99 Å². The van der Waals surface area contributed by atoms with Crippen molar-refractivity contribution in [3.63, 3.8) is 0 Å². The molecule has 1 aromatic heterocycles. The molecule has 8 heteroatoms. The topological polar surface area (TPSA) is 53.0 Å². The first-order valence-electron chi connectivity index (χ1n) is 9.74. The number of thiazole rings is 1. The zero-order valence-electron chi connectivity index (χ0n) is 18.1. The third-order valence-electron chi connectivity index (χ3n) is 4.66. The second kappa shape index (κ2) is 11.5. The molecule has 0 fully saturated rings. The molecule has 2 atom stereocenters. The Bertz CT molecular complexity index is 778. The normalized spacial score (nSPS) is 14.1. The monoisotopic (exact) mass is 437 g/mol. The Morgan fingerprint density at radius 1 is 1.28 bits per heavy atom. The van der Waals surface area contributed by atoms with Gasteiger partial charge in [-0.2, -0.15) is 0 Å². The van der Waals surface area contributed by atoms with Crippen LogP contribution in [0.15, 0.2) is 34.6 Å². The number of rotatable bonds is 9. The Hall–Kier alpha value is -1.67. The summed E-state index contributed by atoms with van der Waals surface area (Å²) >= 11 is 7.67. The molecule has 2 unspecified atom stereocenters. The van der Waals surface area contributed by atoms with Crippen LogP contribution in [-0.2, 0) is 11.3 Å². The van der Waals surface area contributed by atoms with Gasteiger partial charge < -0.3 is 19.9 Å². The van der Waals surface area contributed by atoms with E-state index in [-0.39, 0.29) is 12.1 Å². The van der Waals surface area contributed by atoms with E-state index in [9.17, 15) is 0 Å². The minimum absolute atomic E-state index is 0.0150. The fraction of sp³-hybridized carbons (Fsp3) is 0.524. The van der Waals surface area contributed by atoms with Gasteiger partial charge in [0.2, 0.25) is 0 Å². The number of halogens is 1. The highest BCUT2D eigenvalue weighted by molar-refractivity contribution is 7.09. The number of aromatic nitrogens is 1. The average molecular weight is 438 g/mol. The van der Waals surface area contributed by atoms with Gasteiger partial charge in [-0.1, -0.05) is 23.7 Å². The highest BCUT2D eigenvalue weighted by Gasteiger charge is 2.16. The van der Waals surface area contributed by atoms with E-state index in [1.54, 1.807) is 18.4 Å². The van der Waals surface area contributed by atoms with Crippen LogP contribution in [0.2, 0.25) is 5.02 Å². The van der Waals surface area contributed by atoms with Crippen LogP contribution < -0.4 is 5.32 Å². The second-order valence-corrected chi connectivity index (χ2v) is 8.46. The summed E-state index contributed by atoms with van der Waals surface area (Å²) < 4.78 is 5.36. The van der Waals surface area contributed by atoms with Gasteiger partial charge in [0.1, 0.15) is 11.1 Å². The van der Waals surface area contributed by atoms with Crippen LogP contribution in [0.3, 0.4) is 0 Å². The molecule has 160 valence electrons. The van der Waals surface area contributed by atoms with Crippen molar-refractivity contribution >= 4 is 28.9 Å². The van der Waals surface area contributed by atoms with Crippen LogP contribution in [0, 0.1) is 0 Å². The molecule has 0 aliphatic carbocycles. The first-order valence-corrected chi connectivity index (χ1v) is 11.0. The van der Waals surface area contributed by atoms with Crippen molar-refractivity contribution in [1.82, 2.24) is 20.1 Å². The van der Waals surface area contributed by atoms with Crippen molar-refractivity contribution in [2.24, 2.45) is 4.99 Å². The summed E-state index contributed by atoms with van der Waals surface area (Å²) in [6.45, 7) is 6.22. The first kappa shape index (κ1) is 23.6. The molecule has 1 heterocycles. The lowest BCUT2D eigenvalue weighted by molar-refractivity contribution is 0.119. The van der Waals surface area contributed by atoms with Crippen molar-refractivity contribution in [3.05, 3.63) is 50.9 Å².